The highest BCUT2D eigenvalue weighted by Gasteiger charge is 2.33. The summed E-state index contributed by atoms with van der Waals surface area (Å²) >= 11 is 0. The van der Waals surface area contributed by atoms with Crippen LogP contribution in [0.3, 0.4) is 0 Å². The highest BCUT2D eigenvalue weighted by atomic mass is 16.5. The van der Waals surface area contributed by atoms with Crippen LogP contribution in [0.1, 0.15) is 12.5 Å². The fraction of sp³-hybridized carbons (Fsp3) is 0.500. The molecule has 1 heterocycles. The Labute approximate surface area is 90.4 Å². The zero-order chi connectivity index (χ0) is 10.9. The second-order valence-corrected chi connectivity index (χ2v) is 4.28. The summed E-state index contributed by atoms with van der Waals surface area (Å²) in [6.45, 7) is 2.86. The van der Waals surface area contributed by atoms with Crippen LogP contribution in [0.4, 0.5) is 5.69 Å². The number of hydrogen-bond donors (Lipinski definition) is 1. The molecule has 0 radical (unpaired) electrons. The fourth-order valence-corrected chi connectivity index (χ4v) is 2.22. The van der Waals surface area contributed by atoms with E-state index in [-0.39, 0.29) is 5.54 Å². The van der Waals surface area contributed by atoms with Crippen molar-refractivity contribution in [3.8, 4) is 5.75 Å². The summed E-state index contributed by atoms with van der Waals surface area (Å²) in [7, 11) is 3.44. The maximum absolute atomic E-state index is 5.35. The predicted octanol–water partition coefficient (Wildman–Crippen LogP) is 2.07. The third-order valence-electron chi connectivity index (χ3n) is 2.82. The van der Waals surface area contributed by atoms with E-state index in [2.05, 4.69) is 18.3 Å². The van der Waals surface area contributed by atoms with Gasteiger partial charge in [0.05, 0.1) is 19.3 Å². The van der Waals surface area contributed by atoms with E-state index in [9.17, 15) is 0 Å². The molecule has 1 aliphatic rings. The molecule has 2 rings (SSSR count). The van der Waals surface area contributed by atoms with Crippen LogP contribution in [-0.2, 0) is 11.2 Å². The van der Waals surface area contributed by atoms with E-state index in [4.69, 9.17) is 9.47 Å². The SMILES string of the molecule is COCC1(C)Cc2c(cccc2OC)N1. The number of fused-ring (bicyclic) bond motifs is 1. The minimum atomic E-state index is -0.00822. The van der Waals surface area contributed by atoms with Crippen molar-refractivity contribution in [1.29, 1.82) is 0 Å². The summed E-state index contributed by atoms with van der Waals surface area (Å²) < 4.78 is 10.6. The molecule has 0 aliphatic carbocycles. The molecule has 0 aromatic heterocycles. The highest BCUT2D eigenvalue weighted by molar-refractivity contribution is 5.63. The fourth-order valence-electron chi connectivity index (χ4n) is 2.22. The Bertz CT molecular complexity index is 365. The smallest absolute Gasteiger partial charge is 0.124 e. The van der Waals surface area contributed by atoms with E-state index in [1.165, 1.54) is 5.56 Å². The average molecular weight is 207 g/mol. The number of rotatable bonds is 3. The molecule has 1 aromatic rings. The Kier molecular flexibility index (Phi) is 2.57. The predicted molar refractivity (Wildman–Crippen MR) is 60.6 cm³/mol. The van der Waals surface area contributed by atoms with Crippen LogP contribution in [0.15, 0.2) is 18.2 Å². The van der Waals surface area contributed by atoms with Crippen molar-refractivity contribution in [3.63, 3.8) is 0 Å². The van der Waals surface area contributed by atoms with Gasteiger partial charge in [-0.05, 0) is 19.1 Å². The summed E-state index contributed by atoms with van der Waals surface area (Å²) in [4.78, 5) is 0. The van der Waals surface area contributed by atoms with Crippen LogP contribution in [0, 0.1) is 0 Å². The van der Waals surface area contributed by atoms with Crippen molar-refractivity contribution < 1.29 is 9.47 Å². The van der Waals surface area contributed by atoms with Crippen molar-refractivity contribution in [2.45, 2.75) is 18.9 Å². The molecule has 1 N–H and O–H groups in total. The molecule has 0 saturated heterocycles. The normalized spacial score (nSPS) is 23.4. The van der Waals surface area contributed by atoms with Crippen LogP contribution >= 0.6 is 0 Å². The highest BCUT2D eigenvalue weighted by Crippen LogP contribution is 2.37. The summed E-state index contributed by atoms with van der Waals surface area (Å²) in [6, 6.07) is 6.08. The van der Waals surface area contributed by atoms with Crippen molar-refractivity contribution in [2.24, 2.45) is 0 Å². The number of hydrogen-bond acceptors (Lipinski definition) is 3. The molecule has 3 nitrogen and oxygen atoms in total. The number of methoxy groups -OCH3 is 2. The summed E-state index contributed by atoms with van der Waals surface area (Å²) in [5.74, 6) is 0.958. The molecular formula is C12H17NO2. The molecule has 0 fully saturated rings. The Hall–Kier alpha value is -1.22. The number of anilines is 1. The molecule has 0 spiro atoms. The van der Waals surface area contributed by atoms with E-state index in [0.717, 1.165) is 17.9 Å². The first-order valence-electron chi connectivity index (χ1n) is 5.11. The maximum atomic E-state index is 5.35. The maximum Gasteiger partial charge on any atom is 0.124 e. The van der Waals surface area contributed by atoms with Gasteiger partial charge in [0.15, 0.2) is 0 Å². The van der Waals surface area contributed by atoms with E-state index in [1.807, 2.05) is 12.1 Å². The molecule has 1 aliphatic heterocycles. The van der Waals surface area contributed by atoms with Gasteiger partial charge in [-0.1, -0.05) is 6.07 Å². The van der Waals surface area contributed by atoms with Crippen molar-refractivity contribution in [2.75, 3.05) is 26.1 Å². The zero-order valence-electron chi connectivity index (χ0n) is 9.46. The lowest BCUT2D eigenvalue weighted by Gasteiger charge is -2.23. The first-order valence-corrected chi connectivity index (χ1v) is 5.11. The molecule has 15 heavy (non-hydrogen) atoms. The summed E-state index contributed by atoms with van der Waals surface area (Å²) in [6.07, 6.45) is 0.945. The van der Waals surface area contributed by atoms with Crippen LogP contribution in [0.25, 0.3) is 0 Å². The summed E-state index contributed by atoms with van der Waals surface area (Å²) in [5, 5.41) is 3.48. The molecule has 1 aromatic carbocycles. The molecule has 0 saturated carbocycles. The van der Waals surface area contributed by atoms with E-state index in [0.29, 0.717) is 6.61 Å². The molecule has 82 valence electrons. The quantitative estimate of drug-likeness (QED) is 0.823. The third kappa shape index (κ3) is 1.79. The van der Waals surface area contributed by atoms with E-state index < -0.39 is 0 Å². The largest absolute Gasteiger partial charge is 0.496 e. The van der Waals surface area contributed by atoms with E-state index in [1.54, 1.807) is 14.2 Å². The second kappa shape index (κ2) is 3.74. The average Bonchev–Trinajstić information content (AvgIpc) is 2.53. The van der Waals surface area contributed by atoms with Gasteiger partial charge in [0.1, 0.15) is 5.75 Å². The van der Waals surface area contributed by atoms with Gasteiger partial charge in [-0.2, -0.15) is 0 Å². The van der Waals surface area contributed by atoms with Gasteiger partial charge in [-0.15, -0.1) is 0 Å². The van der Waals surface area contributed by atoms with Crippen LogP contribution in [-0.4, -0.2) is 26.4 Å². The van der Waals surface area contributed by atoms with Gasteiger partial charge in [0.2, 0.25) is 0 Å². The van der Waals surface area contributed by atoms with Gasteiger partial charge >= 0.3 is 0 Å². The van der Waals surface area contributed by atoms with Gasteiger partial charge in [0.25, 0.3) is 0 Å². The first kappa shape index (κ1) is 10.3. The monoisotopic (exact) mass is 207 g/mol. The Balaban J connectivity index is 2.30. The Morgan fingerprint density at radius 1 is 1.40 bits per heavy atom. The lowest BCUT2D eigenvalue weighted by atomic mass is 9.98. The molecule has 1 unspecified atom stereocenters. The number of nitrogens with one attached hydrogen (secondary N) is 1. The molecule has 3 heteroatoms. The van der Waals surface area contributed by atoms with Gasteiger partial charge < -0.3 is 14.8 Å². The topological polar surface area (TPSA) is 30.5 Å². The van der Waals surface area contributed by atoms with Crippen molar-refractivity contribution >= 4 is 5.69 Å². The molecule has 0 amide bonds. The number of ether oxygens (including phenoxy) is 2. The second-order valence-electron chi connectivity index (χ2n) is 4.28. The van der Waals surface area contributed by atoms with Gasteiger partial charge in [-0.3, -0.25) is 0 Å². The Morgan fingerprint density at radius 2 is 2.20 bits per heavy atom. The molecule has 1 atom stereocenters. The lowest BCUT2D eigenvalue weighted by Crippen LogP contribution is -2.37. The summed E-state index contributed by atoms with van der Waals surface area (Å²) in [5.41, 5.74) is 2.40. The van der Waals surface area contributed by atoms with Crippen molar-refractivity contribution in [3.05, 3.63) is 23.8 Å². The minimum Gasteiger partial charge on any atom is -0.496 e. The van der Waals surface area contributed by atoms with Gasteiger partial charge in [-0.25, -0.2) is 0 Å². The minimum absolute atomic E-state index is 0.00822. The molecular weight excluding hydrogens is 190 g/mol. The zero-order valence-corrected chi connectivity index (χ0v) is 9.46. The van der Waals surface area contributed by atoms with Crippen LogP contribution in [0.2, 0.25) is 0 Å². The Morgan fingerprint density at radius 3 is 2.87 bits per heavy atom. The standard InChI is InChI=1S/C12H17NO2/c1-12(8-14-2)7-9-10(13-12)5-4-6-11(9)15-3/h4-6,13H,7-8H2,1-3H3. The van der Waals surface area contributed by atoms with E-state index >= 15 is 0 Å². The van der Waals surface area contributed by atoms with Gasteiger partial charge in [0, 0.05) is 24.8 Å². The van der Waals surface area contributed by atoms with Crippen LogP contribution < -0.4 is 10.1 Å². The lowest BCUT2D eigenvalue weighted by molar-refractivity contribution is 0.153. The number of benzene rings is 1. The third-order valence-corrected chi connectivity index (χ3v) is 2.82. The van der Waals surface area contributed by atoms with Crippen molar-refractivity contribution in [1.82, 2.24) is 0 Å². The first-order chi connectivity index (χ1) is 7.18. The molecule has 0 bridgehead atoms. The van der Waals surface area contributed by atoms with Crippen LogP contribution in [0.5, 0.6) is 5.75 Å².